The van der Waals surface area contributed by atoms with Crippen LogP contribution in [0.5, 0.6) is 0 Å². The maximum absolute atomic E-state index is 12.6. The summed E-state index contributed by atoms with van der Waals surface area (Å²) in [6, 6.07) is 3.31. The molecule has 2 unspecified atom stereocenters. The van der Waals surface area contributed by atoms with Crippen LogP contribution in [0.4, 0.5) is 5.69 Å². The number of nitrogens with two attached hydrogens (primary N) is 1. The van der Waals surface area contributed by atoms with Gasteiger partial charge in [0.05, 0.1) is 17.1 Å². The van der Waals surface area contributed by atoms with Crippen molar-refractivity contribution in [2.75, 3.05) is 18.8 Å². The van der Waals surface area contributed by atoms with Gasteiger partial charge in [-0.2, -0.15) is 4.31 Å². The number of nitrogens with zero attached hydrogens (tertiary/aromatic N) is 1. The highest BCUT2D eigenvalue weighted by Crippen LogP contribution is 2.29. The molecule has 1 aliphatic rings. The highest BCUT2D eigenvalue weighted by atomic mass is 32.2. The summed E-state index contributed by atoms with van der Waals surface area (Å²) in [5.41, 5.74) is 7.26. The molecule has 0 aromatic heterocycles. The van der Waals surface area contributed by atoms with Crippen LogP contribution in [-0.4, -0.2) is 48.2 Å². The molecule has 0 saturated carbocycles. The molecular formula is C12H18N2O4S. The molecule has 1 aromatic carbocycles. The molecule has 0 radical (unpaired) electrons. The Labute approximate surface area is 112 Å². The molecule has 0 amide bonds. The number of rotatable bonds is 2. The van der Waals surface area contributed by atoms with Gasteiger partial charge in [0.15, 0.2) is 0 Å². The lowest BCUT2D eigenvalue weighted by atomic mass is 10.1. The van der Waals surface area contributed by atoms with E-state index in [4.69, 9.17) is 5.73 Å². The maximum Gasteiger partial charge on any atom is 0.243 e. The monoisotopic (exact) mass is 286 g/mol. The summed E-state index contributed by atoms with van der Waals surface area (Å²) in [5, 5.41) is 19.0. The third-order valence-corrected chi connectivity index (χ3v) is 5.59. The minimum Gasteiger partial charge on any atom is -0.398 e. The van der Waals surface area contributed by atoms with Crippen molar-refractivity contribution in [3.05, 3.63) is 23.3 Å². The van der Waals surface area contributed by atoms with Crippen LogP contribution in [0.1, 0.15) is 11.1 Å². The van der Waals surface area contributed by atoms with Crippen LogP contribution in [0.15, 0.2) is 17.0 Å². The average Bonchev–Trinajstić information content (AvgIpc) is 2.65. The summed E-state index contributed by atoms with van der Waals surface area (Å²) in [7, 11) is -3.76. The van der Waals surface area contributed by atoms with E-state index in [9.17, 15) is 18.6 Å². The number of nitrogen functional groups attached to an aromatic ring is 1. The predicted molar refractivity (Wildman–Crippen MR) is 71.1 cm³/mol. The normalized spacial score (nSPS) is 24.8. The van der Waals surface area contributed by atoms with Crippen molar-refractivity contribution in [3.8, 4) is 0 Å². The van der Waals surface area contributed by atoms with Crippen LogP contribution in [0.3, 0.4) is 0 Å². The Hall–Kier alpha value is -1.15. The molecule has 0 spiro atoms. The third kappa shape index (κ3) is 2.34. The number of hydrogen-bond donors (Lipinski definition) is 3. The first-order chi connectivity index (χ1) is 8.75. The largest absolute Gasteiger partial charge is 0.398 e. The molecule has 1 aromatic rings. The summed E-state index contributed by atoms with van der Waals surface area (Å²) in [5.74, 6) is 0. The van der Waals surface area contributed by atoms with Gasteiger partial charge in [0.1, 0.15) is 0 Å². The van der Waals surface area contributed by atoms with E-state index in [1.807, 2.05) is 0 Å². The number of aryl methyl sites for hydroxylation is 1. The minimum absolute atomic E-state index is 0.100. The summed E-state index contributed by atoms with van der Waals surface area (Å²) >= 11 is 0. The van der Waals surface area contributed by atoms with Gasteiger partial charge in [-0.25, -0.2) is 8.42 Å². The number of β-amino-alcohol motifs (C(OH)–C–C–N with tert-alkyl or cyclic N) is 2. The van der Waals surface area contributed by atoms with Gasteiger partial charge in [0.25, 0.3) is 0 Å². The Bertz CT molecular complexity index is 590. The quantitative estimate of drug-likeness (QED) is 0.642. The van der Waals surface area contributed by atoms with Gasteiger partial charge in [0, 0.05) is 18.8 Å². The van der Waals surface area contributed by atoms with E-state index < -0.39 is 22.2 Å². The molecular weight excluding hydrogens is 268 g/mol. The van der Waals surface area contributed by atoms with Crippen LogP contribution in [0, 0.1) is 13.8 Å². The first-order valence-corrected chi connectivity index (χ1v) is 7.41. The van der Waals surface area contributed by atoms with Crippen LogP contribution >= 0.6 is 0 Å². The second kappa shape index (κ2) is 4.75. The molecule has 0 aliphatic carbocycles. The third-order valence-electron chi connectivity index (χ3n) is 3.47. The van der Waals surface area contributed by atoms with E-state index >= 15 is 0 Å². The van der Waals surface area contributed by atoms with Gasteiger partial charge in [-0.1, -0.05) is 6.07 Å². The van der Waals surface area contributed by atoms with E-state index in [1.165, 1.54) is 0 Å². The van der Waals surface area contributed by atoms with E-state index in [-0.39, 0.29) is 18.0 Å². The van der Waals surface area contributed by atoms with Crippen molar-refractivity contribution in [2.24, 2.45) is 0 Å². The first-order valence-electron chi connectivity index (χ1n) is 5.97. The van der Waals surface area contributed by atoms with E-state index in [0.717, 1.165) is 4.31 Å². The minimum atomic E-state index is -3.76. The molecule has 19 heavy (non-hydrogen) atoms. The van der Waals surface area contributed by atoms with Crippen molar-refractivity contribution >= 4 is 15.7 Å². The zero-order valence-corrected chi connectivity index (χ0v) is 11.7. The highest BCUT2D eigenvalue weighted by molar-refractivity contribution is 7.89. The smallest absolute Gasteiger partial charge is 0.243 e. The fourth-order valence-electron chi connectivity index (χ4n) is 2.30. The van der Waals surface area contributed by atoms with Gasteiger partial charge in [-0.05, 0) is 31.0 Å². The Kier molecular flexibility index (Phi) is 3.57. The van der Waals surface area contributed by atoms with Crippen LogP contribution in [0.2, 0.25) is 0 Å². The molecule has 2 atom stereocenters. The molecule has 106 valence electrons. The zero-order chi connectivity index (χ0) is 14.4. The van der Waals surface area contributed by atoms with Gasteiger partial charge in [-0.3, -0.25) is 0 Å². The average molecular weight is 286 g/mol. The number of benzene rings is 1. The molecule has 0 bridgehead atoms. The number of sulfonamides is 1. The number of aliphatic hydroxyl groups excluding tert-OH is 2. The maximum atomic E-state index is 12.6. The van der Waals surface area contributed by atoms with Gasteiger partial charge in [0.2, 0.25) is 10.0 Å². The Morgan fingerprint density at radius 3 is 2.26 bits per heavy atom. The molecule has 1 aliphatic heterocycles. The summed E-state index contributed by atoms with van der Waals surface area (Å²) in [4.78, 5) is 0.161. The van der Waals surface area contributed by atoms with Crippen molar-refractivity contribution in [2.45, 2.75) is 31.0 Å². The lowest BCUT2D eigenvalue weighted by Crippen LogP contribution is -2.31. The van der Waals surface area contributed by atoms with Crippen molar-refractivity contribution in [1.82, 2.24) is 4.31 Å². The standard InChI is InChI=1S/C12H18N2O4S/c1-7-3-4-9(13)8(2)12(7)19(17,18)14-5-10(15)11(16)6-14/h3-4,10-11,15-16H,5-6,13H2,1-2H3. The molecule has 4 N–H and O–H groups in total. The van der Waals surface area contributed by atoms with E-state index in [1.54, 1.807) is 26.0 Å². The van der Waals surface area contributed by atoms with Gasteiger partial charge in [-0.15, -0.1) is 0 Å². The molecule has 1 saturated heterocycles. The molecule has 2 rings (SSSR count). The van der Waals surface area contributed by atoms with Gasteiger partial charge >= 0.3 is 0 Å². The fraction of sp³-hybridized carbons (Fsp3) is 0.500. The van der Waals surface area contributed by atoms with Gasteiger partial charge < -0.3 is 15.9 Å². The van der Waals surface area contributed by atoms with E-state index in [0.29, 0.717) is 16.8 Å². The number of anilines is 1. The molecule has 1 fully saturated rings. The Morgan fingerprint density at radius 2 is 1.74 bits per heavy atom. The Balaban J connectivity index is 2.50. The second-order valence-electron chi connectivity index (χ2n) is 4.88. The van der Waals surface area contributed by atoms with Crippen molar-refractivity contribution in [1.29, 1.82) is 0 Å². The van der Waals surface area contributed by atoms with E-state index in [2.05, 4.69) is 0 Å². The van der Waals surface area contributed by atoms with Crippen molar-refractivity contribution < 1.29 is 18.6 Å². The van der Waals surface area contributed by atoms with Crippen LogP contribution in [0.25, 0.3) is 0 Å². The number of aliphatic hydroxyl groups is 2. The second-order valence-corrected chi connectivity index (χ2v) is 6.76. The van der Waals surface area contributed by atoms with Crippen LogP contribution in [-0.2, 0) is 10.0 Å². The van der Waals surface area contributed by atoms with Crippen LogP contribution < -0.4 is 5.73 Å². The van der Waals surface area contributed by atoms with Crippen molar-refractivity contribution in [3.63, 3.8) is 0 Å². The lowest BCUT2D eigenvalue weighted by molar-refractivity contribution is 0.0572. The SMILES string of the molecule is Cc1ccc(N)c(C)c1S(=O)(=O)N1CC(O)C(O)C1. The Morgan fingerprint density at radius 1 is 1.21 bits per heavy atom. The predicted octanol–water partition coefficient (Wildman–Crippen LogP) is -0.388. The molecule has 1 heterocycles. The number of hydrogen-bond acceptors (Lipinski definition) is 5. The topological polar surface area (TPSA) is 104 Å². The summed E-state index contributed by atoms with van der Waals surface area (Å²) < 4.78 is 26.2. The zero-order valence-electron chi connectivity index (χ0n) is 10.9. The fourth-order valence-corrected chi connectivity index (χ4v) is 4.24. The lowest BCUT2D eigenvalue weighted by Gasteiger charge is -2.19. The molecule has 6 nitrogen and oxygen atoms in total. The summed E-state index contributed by atoms with van der Waals surface area (Å²) in [6.07, 6.45) is -2.09. The molecule has 7 heteroatoms. The summed E-state index contributed by atoms with van der Waals surface area (Å²) in [6.45, 7) is 3.15. The highest BCUT2D eigenvalue weighted by Gasteiger charge is 2.38. The first kappa shape index (κ1) is 14.3.